The van der Waals surface area contributed by atoms with E-state index in [-0.39, 0.29) is 11.7 Å². The molecule has 0 aromatic heterocycles. The Balaban J connectivity index is 1.78. The Morgan fingerprint density at radius 3 is 2.57 bits per heavy atom. The summed E-state index contributed by atoms with van der Waals surface area (Å²) in [4.78, 5) is 25.6. The molecule has 2 aromatic carbocycles. The van der Waals surface area contributed by atoms with Crippen LogP contribution in [0.4, 0.5) is 11.4 Å². The van der Waals surface area contributed by atoms with E-state index in [4.69, 9.17) is 5.73 Å². The smallest absolute Gasteiger partial charge is 0.251 e. The average Bonchev–Trinajstić information content (AvgIpc) is 2.97. The van der Waals surface area contributed by atoms with Crippen LogP contribution in [0.3, 0.4) is 0 Å². The molecule has 2 aromatic rings. The van der Waals surface area contributed by atoms with Crippen molar-refractivity contribution in [2.45, 2.75) is 13.3 Å². The number of nitrogen functional groups attached to an aromatic ring is 1. The highest BCUT2D eigenvalue weighted by atomic mass is 16.2. The van der Waals surface area contributed by atoms with Crippen molar-refractivity contribution in [2.75, 3.05) is 17.2 Å². The highest BCUT2D eigenvalue weighted by molar-refractivity contribution is 6.05. The molecule has 0 atom stereocenters. The number of hydrogen-bond donors (Lipinski definition) is 1. The fourth-order valence-corrected chi connectivity index (χ4v) is 2.71. The maximum absolute atomic E-state index is 12.4. The predicted octanol–water partition coefficient (Wildman–Crippen LogP) is 3.07. The number of Topliss-reactive ketones (excluding diaryl/α,β-unsaturated/α-hetero) is 1. The largest absolute Gasteiger partial charge is 0.399 e. The normalized spacial score (nSPS) is 13.3. The van der Waals surface area contributed by atoms with E-state index in [0.29, 0.717) is 17.8 Å². The Morgan fingerprint density at radius 1 is 1.13 bits per heavy atom. The predicted molar refractivity (Wildman–Crippen MR) is 92.4 cm³/mol. The quantitative estimate of drug-likeness (QED) is 0.538. The lowest BCUT2D eigenvalue weighted by Crippen LogP contribution is -2.26. The number of ketones is 1. The van der Waals surface area contributed by atoms with Gasteiger partial charge in [0.2, 0.25) is 0 Å². The van der Waals surface area contributed by atoms with E-state index in [1.54, 1.807) is 42.2 Å². The van der Waals surface area contributed by atoms with Crippen LogP contribution in [0, 0.1) is 0 Å². The van der Waals surface area contributed by atoms with E-state index < -0.39 is 0 Å². The fourth-order valence-electron chi connectivity index (χ4n) is 2.71. The zero-order valence-electron chi connectivity index (χ0n) is 13.0. The summed E-state index contributed by atoms with van der Waals surface area (Å²) in [5, 5.41) is 0. The van der Waals surface area contributed by atoms with Gasteiger partial charge in [0.25, 0.3) is 5.91 Å². The van der Waals surface area contributed by atoms with Gasteiger partial charge in [0.05, 0.1) is 0 Å². The third kappa shape index (κ3) is 3.16. The van der Waals surface area contributed by atoms with Crippen LogP contribution in [-0.2, 0) is 11.2 Å². The van der Waals surface area contributed by atoms with E-state index in [1.165, 1.54) is 0 Å². The topological polar surface area (TPSA) is 63.4 Å². The van der Waals surface area contributed by atoms with Gasteiger partial charge in [-0.05, 0) is 60.9 Å². The van der Waals surface area contributed by atoms with E-state index in [0.717, 1.165) is 23.2 Å². The standard InChI is InChI=1S/C19H18N2O2/c1-13(22)15-5-8-18-16(12-15)10-11-21(18)19(23)9-4-14-2-6-17(20)7-3-14/h2-9,12H,10-11,20H2,1H3/b9-4+. The number of carbonyl (C=O) groups excluding carboxylic acids is 2. The monoisotopic (exact) mass is 306 g/mol. The lowest BCUT2D eigenvalue weighted by molar-refractivity contribution is -0.114. The van der Waals surface area contributed by atoms with Gasteiger partial charge in [-0.1, -0.05) is 12.1 Å². The van der Waals surface area contributed by atoms with Crippen molar-refractivity contribution in [3.63, 3.8) is 0 Å². The molecule has 1 heterocycles. The van der Waals surface area contributed by atoms with Crippen LogP contribution in [0.15, 0.2) is 48.5 Å². The summed E-state index contributed by atoms with van der Waals surface area (Å²) in [6.45, 7) is 2.19. The molecule has 0 radical (unpaired) electrons. The molecule has 0 spiro atoms. The average molecular weight is 306 g/mol. The number of nitrogens with zero attached hydrogens (tertiary/aromatic N) is 1. The van der Waals surface area contributed by atoms with E-state index in [1.807, 2.05) is 24.3 Å². The van der Waals surface area contributed by atoms with Crippen LogP contribution in [0.1, 0.15) is 28.4 Å². The van der Waals surface area contributed by atoms with Crippen LogP contribution >= 0.6 is 0 Å². The zero-order chi connectivity index (χ0) is 16.4. The minimum Gasteiger partial charge on any atom is -0.399 e. The maximum Gasteiger partial charge on any atom is 0.251 e. The third-order valence-electron chi connectivity index (χ3n) is 4.00. The van der Waals surface area contributed by atoms with Crippen LogP contribution in [0.2, 0.25) is 0 Å². The second-order valence-corrected chi connectivity index (χ2v) is 5.64. The Morgan fingerprint density at radius 2 is 1.87 bits per heavy atom. The molecular weight excluding hydrogens is 288 g/mol. The molecule has 0 saturated carbocycles. The van der Waals surface area contributed by atoms with Gasteiger partial charge >= 0.3 is 0 Å². The first-order valence-electron chi connectivity index (χ1n) is 7.53. The molecule has 23 heavy (non-hydrogen) atoms. The zero-order valence-corrected chi connectivity index (χ0v) is 13.0. The van der Waals surface area contributed by atoms with Crippen molar-refractivity contribution < 1.29 is 9.59 Å². The van der Waals surface area contributed by atoms with Gasteiger partial charge in [-0.2, -0.15) is 0 Å². The lowest BCUT2D eigenvalue weighted by atomic mass is 10.1. The Hall–Kier alpha value is -2.88. The van der Waals surface area contributed by atoms with Gasteiger partial charge in [0.15, 0.2) is 5.78 Å². The Kier molecular flexibility index (Phi) is 3.98. The molecule has 0 saturated heterocycles. The van der Waals surface area contributed by atoms with Gasteiger partial charge < -0.3 is 10.6 Å². The molecule has 1 aliphatic rings. The molecule has 1 aliphatic heterocycles. The molecule has 116 valence electrons. The molecule has 4 heteroatoms. The first-order chi connectivity index (χ1) is 11.0. The molecule has 3 rings (SSSR count). The Labute approximate surface area is 135 Å². The van der Waals surface area contributed by atoms with Crippen molar-refractivity contribution in [1.29, 1.82) is 0 Å². The van der Waals surface area contributed by atoms with Crippen LogP contribution < -0.4 is 10.6 Å². The summed E-state index contributed by atoms with van der Waals surface area (Å²) >= 11 is 0. The number of hydrogen-bond acceptors (Lipinski definition) is 3. The van der Waals surface area contributed by atoms with Crippen LogP contribution in [0.5, 0.6) is 0 Å². The van der Waals surface area contributed by atoms with Gasteiger partial charge in [0, 0.05) is 29.6 Å². The summed E-state index contributed by atoms with van der Waals surface area (Å²) in [7, 11) is 0. The summed E-state index contributed by atoms with van der Waals surface area (Å²) in [5.74, 6) is -0.0167. The molecule has 0 fully saturated rings. The SMILES string of the molecule is CC(=O)c1ccc2c(c1)CCN2C(=O)/C=C/c1ccc(N)cc1. The van der Waals surface area contributed by atoms with E-state index >= 15 is 0 Å². The van der Waals surface area contributed by atoms with Crippen molar-refractivity contribution in [3.8, 4) is 0 Å². The second kappa shape index (κ2) is 6.08. The minimum absolute atomic E-state index is 0.0424. The van der Waals surface area contributed by atoms with Crippen molar-refractivity contribution in [2.24, 2.45) is 0 Å². The summed E-state index contributed by atoms with van der Waals surface area (Å²) < 4.78 is 0. The molecule has 0 aliphatic carbocycles. The number of carbonyl (C=O) groups is 2. The highest BCUT2D eigenvalue weighted by Gasteiger charge is 2.23. The first kappa shape index (κ1) is 15.0. The molecule has 0 bridgehead atoms. The molecule has 1 amide bonds. The number of fused-ring (bicyclic) bond motifs is 1. The van der Waals surface area contributed by atoms with Crippen molar-refractivity contribution >= 4 is 29.1 Å². The third-order valence-corrected chi connectivity index (χ3v) is 4.00. The number of benzene rings is 2. The van der Waals surface area contributed by atoms with Crippen molar-refractivity contribution in [3.05, 3.63) is 65.2 Å². The number of rotatable bonds is 3. The van der Waals surface area contributed by atoms with Gasteiger partial charge in [-0.3, -0.25) is 9.59 Å². The van der Waals surface area contributed by atoms with E-state index in [2.05, 4.69) is 0 Å². The second-order valence-electron chi connectivity index (χ2n) is 5.64. The van der Waals surface area contributed by atoms with Crippen molar-refractivity contribution in [1.82, 2.24) is 0 Å². The number of amides is 1. The Bertz CT molecular complexity index is 792. The fraction of sp³-hybridized carbons (Fsp3) is 0.158. The van der Waals surface area contributed by atoms with Crippen LogP contribution in [-0.4, -0.2) is 18.2 Å². The number of nitrogens with two attached hydrogens (primary N) is 1. The van der Waals surface area contributed by atoms with E-state index in [9.17, 15) is 9.59 Å². The molecule has 2 N–H and O–H groups in total. The van der Waals surface area contributed by atoms with Gasteiger partial charge in [-0.25, -0.2) is 0 Å². The lowest BCUT2D eigenvalue weighted by Gasteiger charge is -2.15. The highest BCUT2D eigenvalue weighted by Crippen LogP contribution is 2.29. The first-order valence-corrected chi connectivity index (χ1v) is 7.53. The summed E-state index contributed by atoms with van der Waals surface area (Å²) in [6.07, 6.45) is 4.13. The molecular formula is C19H18N2O2. The summed E-state index contributed by atoms with van der Waals surface area (Å²) in [5.41, 5.74) is 9.90. The summed E-state index contributed by atoms with van der Waals surface area (Å²) in [6, 6.07) is 12.9. The molecule has 4 nitrogen and oxygen atoms in total. The van der Waals surface area contributed by atoms with Gasteiger partial charge in [0.1, 0.15) is 0 Å². The van der Waals surface area contributed by atoms with Crippen LogP contribution in [0.25, 0.3) is 6.08 Å². The maximum atomic E-state index is 12.4. The molecule has 0 unspecified atom stereocenters. The minimum atomic E-state index is -0.0591. The number of anilines is 2. The van der Waals surface area contributed by atoms with Gasteiger partial charge in [-0.15, -0.1) is 0 Å².